The summed E-state index contributed by atoms with van der Waals surface area (Å²) >= 11 is 0. The molecule has 102 valence electrons. The molecule has 2 bridgehead atoms. The predicted octanol–water partition coefficient (Wildman–Crippen LogP) is 3.29. The van der Waals surface area contributed by atoms with Gasteiger partial charge in [0.2, 0.25) is 0 Å². The second-order valence-corrected chi connectivity index (χ2v) is 5.35. The molecular weight excluding hydrogens is 243 g/mol. The van der Waals surface area contributed by atoms with E-state index in [-0.39, 0.29) is 18.1 Å². The summed E-state index contributed by atoms with van der Waals surface area (Å²) < 4.78 is 36.4. The lowest BCUT2D eigenvalue weighted by Gasteiger charge is -2.35. The van der Waals surface area contributed by atoms with E-state index in [2.05, 4.69) is 11.9 Å². The minimum absolute atomic E-state index is 0.0589. The van der Waals surface area contributed by atoms with Gasteiger partial charge < -0.3 is 4.90 Å². The van der Waals surface area contributed by atoms with Gasteiger partial charge in [0.15, 0.2) is 5.83 Å². The molecule has 0 aromatic rings. The van der Waals surface area contributed by atoms with E-state index in [1.54, 1.807) is 0 Å². The molecule has 2 saturated heterocycles. The van der Waals surface area contributed by atoms with Gasteiger partial charge in [0.25, 0.3) is 0 Å². The molecule has 5 heteroatoms. The van der Waals surface area contributed by atoms with Crippen LogP contribution >= 0.6 is 0 Å². The summed E-state index contributed by atoms with van der Waals surface area (Å²) in [5, 5.41) is 0. The largest absolute Gasteiger partial charge is 0.301 e. The Balaban J connectivity index is 1.86. The van der Waals surface area contributed by atoms with Crippen molar-refractivity contribution in [3.8, 4) is 0 Å². The number of nitrogens with zero attached hydrogens (tertiary/aromatic N) is 1. The second-order valence-electron chi connectivity index (χ2n) is 5.35. The number of hydrogen-bond acceptors (Lipinski definition) is 2. The fourth-order valence-electron chi connectivity index (χ4n) is 3.21. The van der Waals surface area contributed by atoms with Crippen molar-refractivity contribution in [2.24, 2.45) is 5.92 Å². The minimum atomic E-state index is -2.30. The molecule has 2 atom stereocenters. The van der Waals surface area contributed by atoms with Crippen LogP contribution < -0.4 is 0 Å². The third-order valence-corrected chi connectivity index (χ3v) is 4.35. The van der Waals surface area contributed by atoms with Gasteiger partial charge in [-0.1, -0.05) is 0 Å². The van der Waals surface area contributed by atoms with Crippen molar-refractivity contribution in [3.63, 3.8) is 0 Å². The molecule has 0 aliphatic carbocycles. The number of piperidine rings is 1. The first kappa shape index (κ1) is 13.6. The Hall–Kier alpha value is -0.840. The van der Waals surface area contributed by atoms with Crippen molar-refractivity contribution < 1.29 is 18.0 Å². The molecule has 2 aliphatic heterocycles. The van der Waals surface area contributed by atoms with Crippen LogP contribution in [0.5, 0.6) is 0 Å². The van der Waals surface area contributed by atoms with Crippen LogP contribution in [-0.2, 0) is 4.79 Å². The lowest BCUT2D eigenvalue weighted by atomic mass is 9.86. The van der Waals surface area contributed by atoms with Crippen molar-refractivity contribution in [2.45, 2.75) is 50.6 Å². The van der Waals surface area contributed by atoms with Gasteiger partial charge in [-0.15, -0.1) is 0 Å². The molecule has 0 saturated carbocycles. The van der Waals surface area contributed by atoms with Crippen LogP contribution in [-0.4, -0.2) is 29.8 Å². The normalized spacial score (nSPS) is 31.4. The zero-order chi connectivity index (χ0) is 13.3. The zero-order valence-electron chi connectivity index (χ0n) is 10.5. The number of allylic oxidation sites excluding steroid dienone is 1. The van der Waals surface area contributed by atoms with E-state index in [9.17, 15) is 18.0 Å². The lowest BCUT2D eigenvalue weighted by molar-refractivity contribution is -0.125. The van der Waals surface area contributed by atoms with E-state index in [0.29, 0.717) is 12.1 Å². The lowest BCUT2D eigenvalue weighted by Crippen LogP contribution is -2.42. The number of rotatable bonds is 4. The van der Waals surface area contributed by atoms with Crippen LogP contribution in [0.1, 0.15) is 38.5 Å². The fourth-order valence-corrected chi connectivity index (χ4v) is 3.21. The van der Waals surface area contributed by atoms with Crippen LogP contribution in [0.25, 0.3) is 0 Å². The van der Waals surface area contributed by atoms with Crippen molar-refractivity contribution in [1.82, 2.24) is 4.90 Å². The maximum atomic E-state index is 12.7. The third kappa shape index (κ3) is 2.76. The molecule has 2 nitrogen and oxygen atoms in total. The highest BCUT2D eigenvalue weighted by atomic mass is 19.3. The third-order valence-electron chi connectivity index (χ3n) is 4.35. The molecule has 2 fully saturated rings. The van der Waals surface area contributed by atoms with Crippen LogP contribution in [0.4, 0.5) is 13.2 Å². The number of halogens is 3. The van der Waals surface area contributed by atoms with E-state index in [4.69, 9.17) is 0 Å². The highest BCUT2D eigenvalue weighted by molar-refractivity contribution is 5.81. The average Bonchev–Trinajstić information content (AvgIpc) is 2.56. The van der Waals surface area contributed by atoms with Crippen molar-refractivity contribution >= 4 is 5.78 Å². The van der Waals surface area contributed by atoms with Gasteiger partial charge >= 0.3 is 6.08 Å². The molecule has 0 aromatic carbocycles. The number of ketones is 1. The van der Waals surface area contributed by atoms with Gasteiger partial charge in [-0.2, -0.15) is 8.78 Å². The number of carbonyl (C=O) groups is 1. The highest BCUT2D eigenvalue weighted by Gasteiger charge is 2.40. The Morgan fingerprint density at radius 2 is 1.67 bits per heavy atom. The molecule has 0 amide bonds. The first-order valence-corrected chi connectivity index (χ1v) is 6.43. The van der Waals surface area contributed by atoms with Gasteiger partial charge in [-0.05, 0) is 32.7 Å². The summed E-state index contributed by atoms with van der Waals surface area (Å²) in [7, 11) is 2.07. The van der Waals surface area contributed by atoms with Crippen LogP contribution in [0.3, 0.4) is 0 Å². The van der Waals surface area contributed by atoms with Gasteiger partial charge in [0.1, 0.15) is 5.78 Å². The number of carbonyl (C=O) groups excluding carboxylic acids is 1. The molecule has 0 radical (unpaired) electrons. The molecule has 18 heavy (non-hydrogen) atoms. The molecule has 2 unspecified atom stereocenters. The summed E-state index contributed by atoms with van der Waals surface area (Å²) in [6, 6.07) is 0.881. The van der Waals surface area contributed by atoms with Crippen LogP contribution in [0.15, 0.2) is 11.9 Å². The van der Waals surface area contributed by atoms with Crippen molar-refractivity contribution in [2.75, 3.05) is 7.05 Å². The Kier molecular flexibility index (Phi) is 4.10. The number of hydrogen-bond donors (Lipinski definition) is 0. The molecule has 0 N–H and O–H groups in total. The number of fused-ring (bicyclic) bond motifs is 2. The minimum Gasteiger partial charge on any atom is -0.300 e. The SMILES string of the molecule is CN1C2CCC1CC(C(=O)CCC(F)=C(F)F)C2. The van der Waals surface area contributed by atoms with E-state index >= 15 is 0 Å². The maximum absolute atomic E-state index is 12.7. The quantitative estimate of drug-likeness (QED) is 0.774. The Labute approximate surface area is 105 Å². The summed E-state index contributed by atoms with van der Waals surface area (Å²) in [6.45, 7) is 0. The summed E-state index contributed by atoms with van der Waals surface area (Å²) in [4.78, 5) is 14.2. The Bertz CT molecular complexity index is 351. The molecule has 2 heterocycles. The summed E-state index contributed by atoms with van der Waals surface area (Å²) in [5.41, 5.74) is 0. The Morgan fingerprint density at radius 3 is 2.17 bits per heavy atom. The van der Waals surface area contributed by atoms with Crippen LogP contribution in [0.2, 0.25) is 0 Å². The molecular formula is C13H18F3NO. The predicted molar refractivity (Wildman–Crippen MR) is 61.9 cm³/mol. The Morgan fingerprint density at radius 1 is 1.11 bits per heavy atom. The monoisotopic (exact) mass is 261 g/mol. The molecule has 2 aliphatic rings. The smallest absolute Gasteiger partial charge is 0.300 e. The molecule has 2 rings (SSSR count). The second kappa shape index (κ2) is 5.43. The fraction of sp³-hybridized carbons (Fsp3) is 0.769. The first-order valence-electron chi connectivity index (χ1n) is 6.43. The summed E-state index contributed by atoms with van der Waals surface area (Å²) in [5.74, 6) is -1.56. The van der Waals surface area contributed by atoms with E-state index < -0.39 is 18.3 Å². The molecule has 0 aromatic heterocycles. The topological polar surface area (TPSA) is 20.3 Å². The van der Waals surface area contributed by atoms with Crippen molar-refractivity contribution in [3.05, 3.63) is 11.9 Å². The van der Waals surface area contributed by atoms with Gasteiger partial charge in [-0.25, -0.2) is 4.39 Å². The summed E-state index contributed by atoms with van der Waals surface area (Å²) in [6.07, 6.45) is 0.965. The molecule has 0 spiro atoms. The van der Waals surface area contributed by atoms with Gasteiger partial charge in [0.05, 0.1) is 0 Å². The zero-order valence-corrected chi connectivity index (χ0v) is 10.5. The standard InChI is InChI=1S/C13H18F3NO/c1-17-9-2-3-10(17)7-8(6-9)12(18)5-4-11(14)13(15)16/h8-10H,2-7H2,1H3. The highest BCUT2D eigenvalue weighted by Crippen LogP contribution is 2.38. The van der Waals surface area contributed by atoms with E-state index in [0.717, 1.165) is 25.7 Å². The van der Waals surface area contributed by atoms with Gasteiger partial charge in [-0.3, -0.25) is 4.79 Å². The average molecular weight is 261 g/mol. The van der Waals surface area contributed by atoms with Crippen LogP contribution in [0, 0.1) is 5.92 Å². The number of Topliss-reactive ketones (excluding diaryl/α,β-unsaturated/α-hetero) is 1. The van der Waals surface area contributed by atoms with Gasteiger partial charge in [0, 0.05) is 30.8 Å². The van der Waals surface area contributed by atoms with E-state index in [1.165, 1.54) is 0 Å². The van der Waals surface area contributed by atoms with Crippen molar-refractivity contribution in [1.29, 1.82) is 0 Å². The first-order chi connectivity index (χ1) is 8.49. The maximum Gasteiger partial charge on any atom is 0.301 e. The van der Waals surface area contributed by atoms with E-state index in [1.807, 2.05) is 0 Å².